The zero-order chi connectivity index (χ0) is 24.2. The highest BCUT2D eigenvalue weighted by molar-refractivity contribution is 7.93. The first-order valence-electron chi connectivity index (χ1n) is 10.8. The molecule has 3 heterocycles. The molecule has 12 heteroatoms. The van der Waals surface area contributed by atoms with Crippen molar-refractivity contribution >= 4 is 33.0 Å². The summed E-state index contributed by atoms with van der Waals surface area (Å²) < 4.78 is 45.4. The summed E-state index contributed by atoms with van der Waals surface area (Å²) in [6.07, 6.45) is 0.547. The van der Waals surface area contributed by atoms with Gasteiger partial charge in [-0.15, -0.1) is 0 Å². The minimum absolute atomic E-state index is 0.147. The van der Waals surface area contributed by atoms with Gasteiger partial charge in [-0.05, 0) is 51.3 Å². The van der Waals surface area contributed by atoms with Crippen LogP contribution in [-0.2, 0) is 14.8 Å². The molecule has 0 amide bonds. The van der Waals surface area contributed by atoms with E-state index < -0.39 is 28.6 Å². The van der Waals surface area contributed by atoms with Gasteiger partial charge in [0.2, 0.25) is 16.2 Å². The third-order valence-electron chi connectivity index (χ3n) is 5.75. The first-order chi connectivity index (χ1) is 16.2. The Bertz CT molecular complexity index is 1360. The van der Waals surface area contributed by atoms with Crippen LogP contribution in [0.3, 0.4) is 0 Å². The Hall–Kier alpha value is -3.12. The molecule has 5 rings (SSSR count). The first-order valence-corrected chi connectivity index (χ1v) is 13.1. The minimum Gasteiger partial charge on any atom is -0.482 e. The number of carbonyl (C=O) groups is 1. The second-order valence-corrected chi connectivity index (χ2v) is 11.0. The van der Waals surface area contributed by atoms with Gasteiger partial charge in [-0.1, -0.05) is 22.6 Å². The highest BCUT2D eigenvalue weighted by Crippen LogP contribution is 2.47. The van der Waals surface area contributed by atoms with Crippen molar-refractivity contribution in [3.63, 3.8) is 0 Å². The van der Waals surface area contributed by atoms with Crippen molar-refractivity contribution < 1.29 is 32.3 Å². The number of thiazole rings is 1. The van der Waals surface area contributed by atoms with Crippen LogP contribution in [0.25, 0.3) is 11.1 Å². The normalized spacial score (nSPS) is 17.9. The molecule has 180 valence electrons. The quantitative estimate of drug-likeness (QED) is 0.510. The van der Waals surface area contributed by atoms with Crippen molar-refractivity contribution in [1.82, 2.24) is 10.1 Å². The zero-order valence-corrected chi connectivity index (χ0v) is 20.4. The number of fused-ring (bicyclic) bond motifs is 1. The van der Waals surface area contributed by atoms with Crippen molar-refractivity contribution in [1.29, 1.82) is 0 Å². The summed E-state index contributed by atoms with van der Waals surface area (Å²) >= 11 is 1.23. The van der Waals surface area contributed by atoms with E-state index in [0.717, 1.165) is 27.7 Å². The largest absolute Gasteiger partial charge is 0.482 e. The van der Waals surface area contributed by atoms with Crippen LogP contribution in [0.1, 0.15) is 42.1 Å². The fourth-order valence-electron chi connectivity index (χ4n) is 3.96. The number of anilines is 1. The minimum atomic E-state index is -4.26. The molecule has 34 heavy (non-hydrogen) atoms. The zero-order valence-electron chi connectivity index (χ0n) is 18.8. The molecule has 1 aliphatic carbocycles. The standard InChI is InChI=1S/C22H23N3O7S2/c1-4-30-22-20(23-19(33-22)13-5-6-13)34(28,29)25-10-17(21(26)27)31-16-8-7-14(9-15(16)25)18-11(2)24-32-12(18)3/h7-9,13,17H,4-6,10H2,1-3H3,(H,26,27). The fourth-order valence-corrected chi connectivity index (χ4v) is 6.92. The summed E-state index contributed by atoms with van der Waals surface area (Å²) in [7, 11) is -4.26. The maximum absolute atomic E-state index is 13.9. The van der Waals surface area contributed by atoms with E-state index in [0.29, 0.717) is 17.0 Å². The Kier molecular flexibility index (Phi) is 5.52. The number of aliphatic carboxylic acids is 1. The summed E-state index contributed by atoms with van der Waals surface area (Å²) in [6, 6.07) is 4.93. The molecule has 1 N–H and O–H groups in total. The average molecular weight is 506 g/mol. The van der Waals surface area contributed by atoms with Crippen molar-refractivity contribution in [3.8, 4) is 21.9 Å². The molecule has 0 bridgehead atoms. The van der Waals surface area contributed by atoms with Crippen LogP contribution in [0.4, 0.5) is 5.69 Å². The van der Waals surface area contributed by atoms with Gasteiger partial charge in [-0.3, -0.25) is 4.31 Å². The smallest absolute Gasteiger partial charge is 0.346 e. The molecule has 1 saturated carbocycles. The lowest BCUT2D eigenvalue weighted by atomic mass is 10.0. The molecule has 10 nitrogen and oxygen atoms in total. The third kappa shape index (κ3) is 3.80. The van der Waals surface area contributed by atoms with Gasteiger partial charge in [0.25, 0.3) is 10.0 Å². The van der Waals surface area contributed by atoms with Gasteiger partial charge in [0.05, 0.1) is 24.5 Å². The first kappa shape index (κ1) is 22.7. The lowest BCUT2D eigenvalue weighted by Crippen LogP contribution is -2.47. The third-order valence-corrected chi connectivity index (χ3v) is 8.70. The number of benzene rings is 1. The molecule has 0 saturated heterocycles. The van der Waals surface area contributed by atoms with Crippen LogP contribution in [0.5, 0.6) is 10.8 Å². The number of hydrogen-bond donors (Lipinski definition) is 1. The van der Waals surface area contributed by atoms with Gasteiger partial charge in [-0.25, -0.2) is 9.78 Å². The van der Waals surface area contributed by atoms with E-state index in [9.17, 15) is 18.3 Å². The number of carboxylic acids is 1. The molecule has 0 radical (unpaired) electrons. The van der Waals surface area contributed by atoms with Crippen LogP contribution < -0.4 is 13.8 Å². The Labute approximate surface area is 200 Å². The topological polar surface area (TPSA) is 132 Å². The Morgan fingerprint density at radius 1 is 1.32 bits per heavy atom. The van der Waals surface area contributed by atoms with Gasteiger partial charge in [0, 0.05) is 11.5 Å². The van der Waals surface area contributed by atoms with E-state index in [1.165, 1.54) is 11.3 Å². The van der Waals surface area contributed by atoms with Gasteiger partial charge in [0.1, 0.15) is 16.5 Å². The lowest BCUT2D eigenvalue weighted by Gasteiger charge is -2.33. The molecular formula is C22H23N3O7S2. The maximum Gasteiger partial charge on any atom is 0.346 e. The second kappa shape index (κ2) is 8.27. The number of rotatable bonds is 7. The van der Waals surface area contributed by atoms with E-state index in [1.54, 1.807) is 39.0 Å². The van der Waals surface area contributed by atoms with E-state index >= 15 is 0 Å². The predicted molar refractivity (Wildman–Crippen MR) is 123 cm³/mol. The monoisotopic (exact) mass is 505 g/mol. The summed E-state index contributed by atoms with van der Waals surface area (Å²) in [4.78, 5) is 16.2. The van der Waals surface area contributed by atoms with Crippen LogP contribution in [0, 0.1) is 13.8 Å². The number of hydrogen-bond acceptors (Lipinski definition) is 9. The Morgan fingerprint density at radius 3 is 2.71 bits per heavy atom. The number of aryl methyl sites for hydroxylation is 2. The van der Waals surface area contributed by atoms with Crippen LogP contribution in [0.2, 0.25) is 0 Å². The predicted octanol–water partition coefficient (Wildman–Crippen LogP) is 3.73. The van der Waals surface area contributed by atoms with Crippen molar-refractivity contribution in [2.45, 2.75) is 50.7 Å². The maximum atomic E-state index is 13.9. The average Bonchev–Trinajstić information content (AvgIpc) is 3.48. The van der Waals surface area contributed by atoms with Crippen LogP contribution in [-0.4, -0.2) is 48.9 Å². The molecule has 1 aliphatic heterocycles. The highest BCUT2D eigenvalue weighted by Gasteiger charge is 2.42. The van der Waals surface area contributed by atoms with E-state index in [2.05, 4.69) is 10.1 Å². The molecule has 3 aromatic rings. The van der Waals surface area contributed by atoms with E-state index in [1.807, 2.05) is 0 Å². The number of ether oxygens (including phenoxy) is 2. The summed E-state index contributed by atoms with van der Waals surface area (Å²) in [5, 5.41) is 14.3. The Morgan fingerprint density at radius 2 is 2.09 bits per heavy atom. The van der Waals surface area contributed by atoms with Crippen molar-refractivity contribution in [2.75, 3.05) is 17.5 Å². The number of carboxylic acid groups (broad SMARTS) is 1. The summed E-state index contributed by atoms with van der Waals surface area (Å²) in [6.45, 7) is 5.20. The molecule has 1 aromatic carbocycles. The molecule has 0 spiro atoms. The van der Waals surface area contributed by atoms with Crippen LogP contribution in [0.15, 0.2) is 27.7 Å². The second-order valence-electron chi connectivity index (χ2n) is 8.21. The lowest BCUT2D eigenvalue weighted by molar-refractivity contribution is -0.144. The van der Waals surface area contributed by atoms with Crippen molar-refractivity contribution in [3.05, 3.63) is 34.7 Å². The number of aromatic nitrogens is 2. The fraction of sp³-hybridized carbons (Fsp3) is 0.409. The Balaban J connectivity index is 1.65. The summed E-state index contributed by atoms with van der Waals surface area (Å²) in [5.41, 5.74) is 2.28. The number of nitrogens with zero attached hydrogens (tertiary/aromatic N) is 3. The molecule has 2 aliphatic rings. The molecule has 2 aromatic heterocycles. The van der Waals surface area contributed by atoms with Gasteiger partial charge >= 0.3 is 5.97 Å². The van der Waals surface area contributed by atoms with Gasteiger partial charge in [-0.2, -0.15) is 8.42 Å². The molecular weight excluding hydrogens is 482 g/mol. The van der Waals surface area contributed by atoms with Crippen molar-refractivity contribution in [2.24, 2.45) is 0 Å². The number of sulfonamides is 1. The highest BCUT2D eigenvalue weighted by atomic mass is 32.2. The van der Waals surface area contributed by atoms with Gasteiger partial charge in [0.15, 0.2) is 0 Å². The van der Waals surface area contributed by atoms with E-state index in [-0.39, 0.29) is 34.1 Å². The molecule has 1 fully saturated rings. The molecule has 1 atom stereocenters. The van der Waals surface area contributed by atoms with Gasteiger partial charge < -0.3 is 19.1 Å². The van der Waals surface area contributed by atoms with E-state index in [4.69, 9.17) is 14.0 Å². The molecule has 1 unspecified atom stereocenters. The summed E-state index contributed by atoms with van der Waals surface area (Å²) in [5.74, 6) is -0.293. The SMILES string of the molecule is CCOc1sc(C2CC2)nc1S(=O)(=O)N1CC(C(=O)O)Oc2ccc(-c3c(C)noc3C)cc21. The van der Waals surface area contributed by atoms with Crippen LogP contribution >= 0.6 is 11.3 Å².